The van der Waals surface area contributed by atoms with Crippen LogP contribution < -0.4 is 5.32 Å². The van der Waals surface area contributed by atoms with Gasteiger partial charge >= 0.3 is 0 Å². The monoisotopic (exact) mass is 368 g/mol. The molecule has 0 saturated heterocycles. The Bertz CT molecular complexity index is 454. The predicted octanol–water partition coefficient (Wildman–Crippen LogP) is 2.77. The maximum Gasteiger partial charge on any atom is 0.293 e. The quantitative estimate of drug-likeness (QED) is 0.476. The number of nitro benzene ring substituents is 1. The van der Waals surface area contributed by atoms with E-state index in [0.29, 0.717) is 0 Å². The van der Waals surface area contributed by atoms with Crippen molar-refractivity contribution in [1.29, 1.82) is 0 Å². The van der Waals surface area contributed by atoms with E-state index in [2.05, 4.69) is 5.32 Å². The number of rotatable bonds is 5. The summed E-state index contributed by atoms with van der Waals surface area (Å²) in [4.78, 5) is 10.3. The Morgan fingerprint density at radius 3 is 2.67 bits per heavy atom. The molecule has 1 aromatic carbocycles. The third-order valence-electron chi connectivity index (χ3n) is 2.51. The highest BCUT2D eigenvalue weighted by atomic mass is 127. The average Bonchev–Trinajstić information content (AvgIpc) is 2.29. The Labute approximate surface area is 118 Å². The van der Waals surface area contributed by atoms with E-state index in [1.165, 1.54) is 6.07 Å². The topological polar surface area (TPSA) is 75.4 Å². The molecule has 0 radical (unpaired) electrons. The molecule has 0 aliphatic rings. The molecule has 0 amide bonds. The third-order valence-corrected chi connectivity index (χ3v) is 3.33. The molecule has 1 rings (SSSR count). The second-order valence-electron chi connectivity index (χ2n) is 4.23. The first-order valence-corrected chi connectivity index (χ1v) is 6.46. The van der Waals surface area contributed by atoms with Crippen LogP contribution in [-0.2, 0) is 0 Å². The summed E-state index contributed by atoms with van der Waals surface area (Å²) in [5.41, 5.74) is -0.116. The number of anilines is 1. The van der Waals surface area contributed by atoms with Gasteiger partial charge in [-0.25, -0.2) is 4.39 Å². The number of aliphatic hydroxyl groups excluding tert-OH is 1. The van der Waals surface area contributed by atoms with E-state index >= 15 is 0 Å². The molecule has 0 heterocycles. The number of nitrogens with one attached hydrogen (secondary N) is 1. The lowest BCUT2D eigenvalue weighted by Crippen LogP contribution is -2.25. The molecule has 0 aromatic heterocycles. The summed E-state index contributed by atoms with van der Waals surface area (Å²) in [5.74, 6) is -0.506. The minimum atomic E-state index is -0.646. The van der Waals surface area contributed by atoms with Crippen LogP contribution in [0.3, 0.4) is 0 Å². The van der Waals surface area contributed by atoms with Crippen molar-refractivity contribution >= 4 is 34.0 Å². The second-order valence-corrected chi connectivity index (χ2v) is 5.40. The molecule has 0 aliphatic carbocycles. The van der Waals surface area contributed by atoms with Crippen molar-refractivity contribution in [3.8, 4) is 0 Å². The average molecular weight is 368 g/mol. The highest BCUT2D eigenvalue weighted by molar-refractivity contribution is 14.1. The van der Waals surface area contributed by atoms with Crippen molar-refractivity contribution in [1.82, 2.24) is 0 Å². The van der Waals surface area contributed by atoms with Crippen molar-refractivity contribution in [2.24, 2.45) is 5.92 Å². The van der Waals surface area contributed by atoms with Gasteiger partial charge in [-0.1, -0.05) is 13.8 Å². The Kier molecular flexibility index (Phi) is 5.27. The van der Waals surface area contributed by atoms with Gasteiger partial charge in [0.15, 0.2) is 0 Å². The van der Waals surface area contributed by atoms with Gasteiger partial charge in [-0.2, -0.15) is 0 Å². The minimum Gasteiger partial charge on any atom is -0.391 e. The second kappa shape index (κ2) is 6.28. The molecule has 18 heavy (non-hydrogen) atoms. The predicted molar refractivity (Wildman–Crippen MR) is 75.1 cm³/mol. The molecule has 7 heteroatoms. The maximum atomic E-state index is 13.4. The molecule has 1 atom stereocenters. The van der Waals surface area contributed by atoms with Gasteiger partial charge in [-0.05, 0) is 28.5 Å². The molecular formula is C11H14FIN2O3. The Hall–Kier alpha value is -0.960. The molecule has 1 unspecified atom stereocenters. The van der Waals surface area contributed by atoms with E-state index in [-0.39, 0.29) is 27.4 Å². The Morgan fingerprint density at radius 1 is 1.56 bits per heavy atom. The van der Waals surface area contributed by atoms with E-state index in [1.54, 1.807) is 22.6 Å². The van der Waals surface area contributed by atoms with Crippen LogP contribution in [0.4, 0.5) is 15.8 Å². The van der Waals surface area contributed by atoms with Crippen molar-refractivity contribution in [3.63, 3.8) is 0 Å². The van der Waals surface area contributed by atoms with Crippen LogP contribution in [0.5, 0.6) is 0 Å². The lowest BCUT2D eigenvalue weighted by atomic mass is 10.1. The normalized spacial score (nSPS) is 12.6. The number of nitrogens with zero attached hydrogens (tertiary/aromatic N) is 1. The third kappa shape index (κ3) is 3.77. The largest absolute Gasteiger partial charge is 0.391 e. The van der Waals surface area contributed by atoms with Gasteiger partial charge in [0.2, 0.25) is 0 Å². The van der Waals surface area contributed by atoms with Gasteiger partial charge in [0, 0.05) is 18.7 Å². The summed E-state index contributed by atoms with van der Waals surface area (Å²) < 4.78 is 13.6. The van der Waals surface area contributed by atoms with E-state index in [0.717, 1.165) is 6.07 Å². The first-order chi connectivity index (χ1) is 8.32. The van der Waals surface area contributed by atoms with E-state index in [1.807, 2.05) is 13.8 Å². The zero-order valence-electron chi connectivity index (χ0n) is 9.98. The molecule has 0 aliphatic heterocycles. The SMILES string of the molecule is CC(C)C(O)CNc1cc(F)c(I)cc1[N+](=O)[O-]. The van der Waals surface area contributed by atoms with Crippen LogP contribution in [0.25, 0.3) is 0 Å². The number of halogens is 2. The summed E-state index contributed by atoms with van der Waals surface area (Å²) in [6.07, 6.45) is -0.646. The fraction of sp³-hybridized carbons (Fsp3) is 0.455. The first kappa shape index (κ1) is 15.1. The molecule has 5 nitrogen and oxygen atoms in total. The zero-order chi connectivity index (χ0) is 13.9. The maximum absolute atomic E-state index is 13.4. The van der Waals surface area contributed by atoms with Crippen molar-refractivity contribution in [3.05, 3.63) is 31.6 Å². The van der Waals surface area contributed by atoms with E-state index < -0.39 is 16.8 Å². The molecule has 0 bridgehead atoms. The molecule has 0 spiro atoms. The smallest absolute Gasteiger partial charge is 0.293 e. The number of hydrogen-bond donors (Lipinski definition) is 2. The minimum absolute atomic E-state index is 0.0188. The standard InChI is InChI=1S/C11H14FIN2O3/c1-6(2)11(16)5-14-9-3-7(12)8(13)4-10(9)15(17)18/h3-4,6,11,14,16H,5H2,1-2H3. The van der Waals surface area contributed by atoms with E-state index in [4.69, 9.17) is 0 Å². The number of nitro groups is 1. The van der Waals surface area contributed by atoms with E-state index in [9.17, 15) is 19.6 Å². The number of hydrogen-bond acceptors (Lipinski definition) is 4. The molecule has 0 saturated carbocycles. The summed E-state index contributed by atoms with van der Waals surface area (Å²) in [6, 6.07) is 2.24. The van der Waals surface area contributed by atoms with Gasteiger partial charge in [0.25, 0.3) is 5.69 Å². The number of benzene rings is 1. The molecule has 2 N–H and O–H groups in total. The Morgan fingerprint density at radius 2 is 2.17 bits per heavy atom. The van der Waals surface area contributed by atoms with Crippen molar-refractivity contribution < 1.29 is 14.4 Å². The Balaban J connectivity index is 2.93. The van der Waals surface area contributed by atoms with Crippen molar-refractivity contribution in [2.75, 3.05) is 11.9 Å². The van der Waals surface area contributed by atoms with Gasteiger partial charge in [-0.3, -0.25) is 10.1 Å². The first-order valence-electron chi connectivity index (χ1n) is 5.38. The van der Waals surface area contributed by atoms with Gasteiger partial charge in [0.05, 0.1) is 14.6 Å². The fourth-order valence-corrected chi connectivity index (χ4v) is 1.73. The zero-order valence-corrected chi connectivity index (χ0v) is 12.1. The van der Waals surface area contributed by atoms with Crippen LogP contribution in [0, 0.1) is 25.4 Å². The highest BCUT2D eigenvalue weighted by Gasteiger charge is 2.18. The molecule has 1 aromatic rings. The molecule has 0 fully saturated rings. The summed E-state index contributed by atoms with van der Waals surface area (Å²) in [7, 11) is 0. The van der Waals surface area contributed by atoms with Crippen LogP contribution in [0.2, 0.25) is 0 Å². The lowest BCUT2D eigenvalue weighted by molar-refractivity contribution is -0.384. The summed E-state index contributed by atoms with van der Waals surface area (Å²) in [6.45, 7) is 3.79. The van der Waals surface area contributed by atoms with Crippen LogP contribution in [-0.4, -0.2) is 22.7 Å². The van der Waals surface area contributed by atoms with Crippen molar-refractivity contribution in [2.45, 2.75) is 20.0 Å². The van der Waals surface area contributed by atoms with Crippen LogP contribution in [0.1, 0.15) is 13.8 Å². The number of aliphatic hydroxyl groups is 1. The summed E-state index contributed by atoms with van der Waals surface area (Å²) in [5, 5.41) is 23.2. The van der Waals surface area contributed by atoms with Gasteiger partial charge in [-0.15, -0.1) is 0 Å². The van der Waals surface area contributed by atoms with Gasteiger partial charge in [0.1, 0.15) is 11.5 Å². The fourth-order valence-electron chi connectivity index (χ4n) is 1.28. The van der Waals surface area contributed by atoms with Crippen LogP contribution >= 0.6 is 22.6 Å². The molecule has 100 valence electrons. The van der Waals surface area contributed by atoms with Gasteiger partial charge < -0.3 is 10.4 Å². The van der Waals surface area contributed by atoms with Crippen LogP contribution in [0.15, 0.2) is 12.1 Å². The summed E-state index contributed by atoms with van der Waals surface area (Å²) >= 11 is 1.70. The lowest BCUT2D eigenvalue weighted by Gasteiger charge is -2.16. The molecular weight excluding hydrogens is 354 g/mol. The highest BCUT2D eigenvalue weighted by Crippen LogP contribution is 2.28.